The zero-order valence-corrected chi connectivity index (χ0v) is 52.8. The van der Waals surface area contributed by atoms with Crippen LogP contribution in [0.15, 0.2) is 0 Å². The number of aliphatic hydroxyl groups excluding tert-OH is 11. The van der Waals surface area contributed by atoms with Gasteiger partial charge in [0.2, 0.25) is 5.91 Å². The lowest BCUT2D eigenvalue weighted by atomic mass is 10.2. The molecule has 0 rings (SSSR count). The molecule has 8 atom stereocenters. The number of rotatable bonds is 58. The van der Waals surface area contributed by atoms with E-state index < -0.39 is 153 Å². The molecule has 2 amide bonds. The van der Waals surface area contributed by atoms with Gasteiger partial charge in [0.1, 0.15) is 37.1 Å². The third-order valence-electron chi connectivity index (χ3n) is 11.7. The van der Waals surface area contributed by atoms with Gasteiger partial charge in [-0.15, -0.1) is 0 Å². The highest BCUT2D eigenvalue weighted by Crippen LogP contribution is 2.12. The Morgan fingerprint density at radius 3 is 1.32 bits per heavy atom. The van der Waals surface area contributed by atoms with Gasteiger partial charge in [-0.1, -0.05) is 32.6 Å². The first-order chi connectivity index (χ1) is 43.5. The lowest BCUT2D eigenvalue weighted by Gasteiger charge is -2.28. The summed E-state index contributed by atoms with van der Waals surface area (Å²) in [5, 5.41) is 112. The van der Waals surface area contributed by atoms with Gasteiger partial charge in [0.15, 0.2) is 38.1 Å². The number of hydrogen-bond acceptors (Lipinski definition) is 32. The summed E-state index contributed by atoms with van der Waals surface area (Å²) >= 11 is 0. The summed E-state index contributed by atoms with van der Waals surface area (Å²) in [7, 11) is 5.68. The van der Waals surface area contributed by atoms with Gasteiger partial charge in [-0.05, 0) is 44.3 Å². The molecule has 8 unspecified atom stereocenters. The predicted molar refractivity (Wildman–Crippen MR) is 311 cm³/mol. The molecule has 0 fully saturated rings. The third kappa shape index (κ3) is 52.1. The normalized spacial score (nSPS) is 13.8. The van der Waals surface area contributed by atoms with Crippen LogP contribution in [-0.4, -0.2) is 326 Å². The van der Waals surface area contributed by atoms with Crippen molar-refractivity contribution in [2.24, 2.45) is 0 Å². The summed E-state index contributed by atoms with van der Waals surface area (Å²) in [5.74, 6) is -1.49. The van der Waals surface area contributed by atoms with Gasteiger partial charge in [0, 0.05) is 39.1 Å². The highest BCUT2D eigenvalue weighted by Gasteiger charge is 2.26. The molecule has 35 heteroatoms. The van der Waals surface area contributed by atoms with Crippen LogP contribution in [0.5, 0.6) is 0 Å². The zero-order chi connectivity index (χ0) is 68.0. The zero-order valence-electron chi connectivity index (χ0n) is 52.8. The molecule has 13 N–H and O–H groups in total. The van der Waals surface area contributed by atoms with E-state index >= 15 is 0 Å². The van der Waals surface area contributed by atoms with Crippen molar-refractivity contribution in [3.8, 4) is 0 Å². The van der Waals surface area contributed by atoms with Crippen LogP contribution < -0.4 is 10.6 Å². The van der Waals surface area contributed by atoms with E-state index in [-0.39, 0.29) is 90.3 Å². The Morgan fingerprint density at radius 1 is 0.433 bits per heavy atom. The first kappa shape index (κ1) is 89.8. The van der Waals surface area contributed by atoms with E-state index in [1.54, 1.807) is 4.90 Å². The van der Waals surface area contributed by atoms with E-state index in [1.165, 1.54) is 21.3 Å². The van der Waals surface area contributed by atoms with Crippen LogP contribution in [0.2, 0.25) is 0 Å². The van der Waals surface area contributed by atoms with Crippen molar-refractivity contribution in [3.63, 3.8) is 0 Å². The Morgan fingerprint density at radius 2 is 0.867 bits per heavy atom. The molecule has 0 spiro atoms. The number of amides is 2. The molecule has 0 heterocycles. The average Bonchev–Trinajstić information content (AvgIpc) is 3.77. The number of hydrogen-bond donors (Lipinski definition) is 13. The lowest BCUT2D eigenvalue weighted by Crippen LogP contribution is -2.41. The topological polar surface area (TPSA) is 478 Å². The largest absolute Gasteiger partial charge is 0.469 e. The van der Waals surface area contributed by atoms with Gasteiger partial charge >= 0.3 is 24.0 Å². The fourth-order valence-electron chi connectivity index (χ4n) is 6.77. The summed E-state index contributed by atoms with van der Waals surface area (Å²) in [5.41, 5.74) is 0. The van der Waals surface area contributed by atoms with E-state index in [1.807, 2.05) is 14.0 Å². The van der Waals surface area contributed by atoms with Crippen LogP contribution in [-0.2, 0) is 90.3 Å². The Labute approximate surface area is 526 Å². The average molecular weight is 1320 g/mol. The molecule has 90 heavy (non-hydrogen) atoms. The number of unbranched alkanes of at least 4 members (excludes halogenated alkanes) is 5. The molecule has 0 saturated carbocycles. The predicted octanol–water partition coefficient (Wildman–Crippen LogP) is -3.64. The van der Waals surface area contributed by atoms with Gasteiger partial charge in [-0.3, -0.25) is 19.2 Å². The molecule has 35 nitrogen and oxygen atoms in total. The van der Waals surface area contributed by atoms with Gasteiger partial charge in [-0.25, -0.2) is 4.79 Å². The Balaban J connectivity index is -0.00000173. The molecule has 0 aliphatic carbocycles. The van der Waals surface area contributed by atoms with Crippen molar-refractivity contribution in [2.45, 2.75) is 146 Å². The van der Waals surface area contributed by atoms with Crippen molar-refractivity contribution in [1.29, 1.82) is 0 Å². The maximum Gasteiger partial charge on any atom is 0.407 e. The van der Waals surface area contributed by atoms with Crippen LogP contribution in [0.25, 0.3) is 5.01 Å². The van der Waals surface area contributed by atoms with Gasteiger partial charge in [0.05, 0.1) is 133 Å². The van der Waals surface area contributed by atoms with Crippen LogP contribution in [0, 0.1) is 6.57 Å². The molecule has 0 aliphatic rings. The number of carbonyl (C=O) groups excluding carboxylic acids is 5. The summed E-state index contributed by atoms with van der Waals surface area (Å²) in [6, 6.07) is 0. The summed E-state index contributed by atoms with van der Waals surface area (Å²) in [6.45, 7) is 2.95. The fourth-order valence-corrected chi connectivity index (χ4v) is 6.77. The van der Waals surface area contributed by atoms with Crippen molar-refractivity contribution in [1.82, 2.24) is 15.5 Å². The number of nitrogens with one attached hydrogen (secondary N) is 2. The summed E-state index contributed by atoms with van der Waals surface area (Å²) in [6.07, 6.45) is -4.59. The molecule has 0 aromatic carbocycles. The van der Waals surface area contributed by atoms with Crippen LogP contribution >= 0.6 is 0 Å². The summed E-state index contributed by atoms with van der Waals surface area (Å²) in [4.78, 5) is 63.8. The lowest BCUT2D eigenvalue weighted by molar-refractivity contribution is -0.254. The molecule has 0 saturated heterocycles. The summed E-state index contributed by atoms with van der Waals surface area (Å²) < 4.78 is 73.1. The number of ether oxygens (including phenoxy) is 14. The maximum absolute atomic E-state index is 12.8. The molecule has 532 valence electrons. The fraction of sp³-hybridized carbons (Fsp3) is 0.891. The molecule has 0 radical (unpaired) electrons. The van der Waals surface area contributed by atoms with Gasteiger partial charge in [-0.2, -0.15) is 11.4 Å². The minimum Gasteiger partial charge on any atom is -0.469 e. The van der Waals surface area contributed by atoms with E-state index in [0.717, 1.165) is 51.5 Å². The van der Waals surface area contributed by atoms with Crippen LogP contribution in [0.1, 0.15) is 84.0 Å². The number of alkyl carbamates (subject to hydrolysis) is 1. The maximum atomic E-state index is 12.8. The molecule has 0 aromatic heterocycles. The van der Waals surface area contributed by atoms with Crippen molar-refractivity contribution in [3.05, 3.63) is 11.6 Å². The van der Waals surface area contributed by atoms with E-state index in [9.17, 15) is 69.9 Å². The van der Waals surface area contributed by atoms with E-state index in [4.69, 9.17) is 68.9 Å². The minimum atomic E-state index is -1.41. The second-order valence-corrected chi connectivity index (χ2v) is 18.8. The minimum absolute atomic E-state index is 0.0185. The molecular formula is C55H106N4O31. The Hall–Kier alpha value is -4.44. The number of nitrogens with zero attached hydrogens (tertiary/aromatic N) is 2. The first-order valence-corrected chi connectivity index (χ1v) is 29.6. The SMILES string of the molecule is CCCCCN(CCOC(CO)OC(CO)COC(CO)OC(COC(=O)NCCC(=O)OC)COC(CO)OC(CO)CO)C(=O)CCCC(=O)OC.CNCCCCCCOC(CO)OC(CO)COC(CO)OC(CO)CO.[C-]#[N+]OCCC(=O)OC. The Kier molecular flexibility index (Phi) is 64.5. The monoisotopic (exact) mass is 1320 g/mol. The molecular weight excluding hydrogens is 1210 g/mol. The van der Waals surface area contributed by atoms with Crippen LogP contribution in [0.4, 0.5) is 4.79 Å². The first-order valence-electron chi connectivity index (χ1n) is 29.6. The second kappa shape index (κ2) is 64.7. The number of carbonyl (C=O) groups is 5. The van der Waals surface area contributed by atoms with Gasteiger partial charge < -0.3 is 138 Å². The number of esters is 3. The third-order valence-corrected chi connectivity index (χ3v) is 11.7. The molecule has 0 aromatic rings. The second-order valence-electron chi connectivity index (χ2n) is 18.8. The smallest absolute Gasteiger partial charge is 0.407 e. The standard InChI is InChI=1S/C33H62N2O19.C17H37NO9.C5H7NO3/c1-4-5-6-12-35(27(42)8-7-9-28(43)46-2)13-14-48-30(18-39)53-25(17-38)21-49-32(20-41)54-26(22-50-31(19-40)52-24(15-36)16-37)23-51-33(45)34-11-10-29(44)47-3;1-18-6-4-2-3-5-7-24-16(11-22)27-15(10-21)13-25-17(12-23)26-14(8-19)9-20;1-6-9-4-3-5(7)8-2/h24-26,30-32,36-41H,4-23H2,1-3H3,(H,34,45);14-23H,2-13H2,1H3;3-4H2,2H3. The van der Waals surface area contributed by atoms with E-state index in [2.05, 4.69) is 34.7 Å². The highest BCUT2D eigenvalue weighted by atomic mass is 16.7. The van der Waals surface area contributed by atoms with Crippen LogP contribution in [0.3, 0.4) is 0 Å². The Bertz CT molecular complexity index is 1720. The number of aliphatic hydroxyl groups is 11. The quantitative estimate of drug-likeness (QED) is 0.00698. The number of methoxy groups -OCH3 is 3. The molecule has 0 aliphatic heterocycles. The highest BCUT2D eigenvalue weighted by molar-refractivity contribution is 5.77. The molecule has 0 bridgehead atoms. The van der Waals surface area contributed by atoms with Crippen molar-refractivity contribution in [2.75, 3.05) is 173 Å². The van der Waals surface area contributed by atoms with E-state index in [0.29, 0.717) is 19.6 Å². The van der Waals surface area contributed by atoms with Crippen molar-refractivity contribution >= 4 is 29.9 Å². The van der Waals surface area contributed by atoms with Gasteiger partial charge in [0.25, 0.3) is 0 Å². The van der Waals surface area contributed by atoms with Crippen molar-refractivity contribution < 1.29 is 151 Å².